The minimum absolute atomic E-state index is 0.167. The van der Waals surface area contributed by atoms with E-state index < -0.39 is 23.5 Å². The lowest BCUT2D eigenvalue weighted by atomic mass is 9.77. The van der Waals surface area contributed by atoms with Crippen molar-refractivity contribution in [3.05, 3.63) is 35.6 Å². The number of fused-ring (bicyclic) bond motifs is 1. The van der Waals surface area contributed by atoms with Gasteiger partial charge in [0.05, 0.1) is 24.5 Å². The van der Waals surface area contributed by atoms with Crippen LogP contribution < -0.4 is 10.2 Å². The number of ether oxygens (including phenoxy) is 1. The molecule has 4 atom stereocenters. The molecule has 5 heterocycles. The highest BCUT2D eigenvalue weighted by Gasteiger charge is 2.67. The van der Waals surface area contributed by atoms with E-state index >= 15 is 0 Å². The molecule has 1 spiro atoms. The number of nitrogens with zero attached hydrogens (tertiary/aromatic N) is 3. The van der Waals surface area contributed by atoms with E-state index in [4.69, 9.17) is 9.26 Å². The van der Waals surface area contributed by atoms with E-state index in [1.807, 2.05) is 12.2 Å². The van der Waals surface area contributed by atoms with Gasteiger partial charge >= 0.3 is 0 Å². The molecule has 2 fully saturated rings. The second-order valence-electron chi connectivity index (χ2n) is 6.45. The average Bonchev–Trinajstić information content (AvgIpc) is 3.36. The van der Waals surface area contributed by atoms with Gasteiger partial charge in [-0.25, -0.2) is 4.98 Å². The molecular weight excluding hydrogens is 344 g/mol. The Bertz CT molecular complexity index is 892. The Balaban J connectivity index is 1.46. The van der Waals surface area contributed by atoms with Crippen LogP contribution in [0, 0.1) is 18.8 Å². The second-order valence-corrected chi connectivity index (χ2v) is 7.34. The lowest BCUT2D eigenvalue weighted by molar-refractivity contribution is -0.128. The molecule has 128 valence electrons. The summed E-state index contributed by atoms with van der Waals surface area (Å²) in [5, 5.41) is 9.01. The predicted octanol–water partition coefficient (Wildman–Crippen LogP) is 1.36. The Kier molecular flexibility index (Phi) is 2.95. The molecule has 2 aromatic heterocycles. The van der Waals surface area contributed by atoms with Crippen molar-refractivity contribution in [2.75, 3.05) is 16.8 Å². The van der Waals surface area contributed by atoms with Gasteiger partial charge in [0.2, 0.25) is 11.8 Å². The first-order valence-electron chi connectivity index (χ1n) is 7.90. The number of carbonyl (C=O) groups is 2. The lowest BCUT2D eigenvalue weighted by Gasteiger charge is -2.22. The minimum Gasteiger partial charge on any atom is -0.360 e. The molecule has 8 nitrogen and oxygen atoms in total. The highest BCUT2D eigenvalue weighted by molar-refractivity contribution is 7.13. The van der Waals surface area contributed by atoms with Crippen LogP contribution in [-0.2, 0) is 14.3 Å². The summed E-state index contributed by atoms with van der Waals surface area (Å²) in [6.07, 6.45) is 5.00. The number of nitrogens with one attached hydrogen (secondary N) is 1. The van der Waals surface area contributed by atoms with E-state index in [-0.39, 0.29) is 11.8 Å². The van der Waals surface area contributed by atoms with Crippen LogP contribution >= 0.6 is 11.3 Å². The van der Waals surface area contributed by atoms with E-state index in [2.05, 4.69) is 15.5 Å². The third-order valence-corrected chi connectivity index (χ3v) is 5.65. The van der Waals surface area contributed by atoms with Crippen LogP contribution in [0.25, 0.3) is 0 Å². The van der Waals surface area contributed by atoms with Crippen molar-refractivity contribution in [3.8, 4) is 0 Å². The first-order chi connectivity index (χ1) is 12.1. The van der Waals surface area contributed by atoms with E-state index in [0.717, 1.165) is 0 Å². The Morgan fingerprint density at radius 1 is 1.52 bits per heavy atom. The molecule has 9 heteroatoms. The maximum atomic E-state index is 13.0. The van der Waals surface area contributed by atoms with Gasteiger partial charge in [0, 0.05) is 17.6 Å². The fourth-order valence-corrected chi connectivity index (χ4v) is 4.48. The Hall–Kier alpha value is -2.52. The number of thiazole rings is 1. The molecule has 2 bridgehead atoms. The van der Waals surface area contributed by atoms with E-state index in [1.54, 1.807) is 24.6 Å². The van der Waals surface area contributed by atoms with Gasteiger partial charge < -0.3 is 14.6 Å². The summed E-state index contributed by atoms with van der Waals surface area (Å²) >= 11 is 1.33. The molecule has 0 unspecified atom stereocenters. The summed E-state index contributed by atoms with van der Waals surface area (Å²) in [6, 6.07) is 1.70. The standard InChI is InChI=1S/C16H14N4O4S/c1-8-6-10(19-24-8)20-7-16-3-2-9(23-16)11(12(16)14(20)22)13(21)18-15-17-4-5-25-15/h2-6,9,11-12H,7H2,1H3,(H,17,18,21)/t9-,11+,12-,16-/m1/s1. The van der Waals surface area contributed by atoms with Gasteiger partial charge in [-0.2, -0.15) is 0 Å². The van der Waals surface area contributed by atoms with E-state index in [0.29, 0.717) is 23.3 Å². The number of amides is 2. The molecule has 1 N–H and O–H groups in total. The van der Waals surface area contributed by atoms with Gasteiger partial charge in [-0.3, -0.25) is 14.5 Å². The molecule has 2 saturated heterocycles. The zero-order valence-electron chi connectivity index (χ0n) is 13.2. The first kappa shape index (κ1) is 14.8. The van der Waals surface area contributed by atoms with Crippen molar-refractivity contribution >= 4 is 34.1 Å². The normalized spacial score (nSPS) is 32.4. The summed E-state index contributed by atoms with van der Waals surface area (Å²) in [5.41, 5.74) is -0.778. The minimum atomic E-state index is -0.778. The fourth-order valence-electron chi connectivity index (χ4n) is 3.95. The average molecular weight is 358 g/mol. The molecule has 25 heavy (non-hydrogen) atoms. The second kappa shape index (κ2) is 4.99. The molecular formula is C16H14N4O4S. The predicted molar refractivity (Wildman–Crippen MR) is 88.1 cm³/mol. The van der Waals surface area contributed by atoms with Crippen molar-refractivity contribution in [3.63, 3.8) is 0 Å². The van der Waals surface area contributed by atoms with Crippen molar-refractivity contribution < 1.29 is 18.8 Å². The van der Waals surface area contributed by atoms with Gasteiger partial charge in [-0.15, -0.1) is 11.3 Å². The number of hydrogen-bond acceptors (Lipinski definition) is 7. The van der Waals surface area contributed by atoms with Crippen LogP contribution in [0.3, 0.4) is 0 Å². The molecule has 2 amide bonds. The van der Waals surface area contributed by atoms with Crippen molar-refractivity contribution in [2.24, 2.45) is 11.8 Å². The number of hydrogen-bond donors (Lipinski definition) is 1. The van der Waals surface area contributed by atoms with Gasteiger partial charge in [-0.1, -0.05) is 17.3 Å². The maximum Gasteiger partial charge on any atom is 0.235 e. The van der Waals surface area contributed by atoms with E-state index in [1.165, 1.54) is 16.2 Å². The zero-order valence-corrected chi connectivity index (χ0v) is 14.0. The Labute approximate surface area is 146 Å². The SMILES string of the molecule is Cc1cc(N2C[C@@]34C=C[C@@H](O3)[C@H](C(=O)Nc3nccs3)[C@@H]4C2=O)no1. The number of aryl methyl sites for hydroxylation is 1. The van der Waals surface area contributed by atoms with Crippen LogP contribution in [0.1, 0.15) is 5.76 Å². The smallest absolute Gasteiger partial charge is 0.235 e. The van der Waals surface area contributed by atoms with Crippen LogP contribution in [0.2, 0.25) is 0 Å². The van der Waals surface area contributed by atoms with Crippen molar-refractivity contribution in [1.29, 1.82) is 0 Å². The summed E-state index contributed by atoms with van der Waals surface area (Å²) < 4.78 is 11.1. The highest BCUT2D eigenvalue weighted by atomic mass is 32.1. The molecule has 5 rings (SSSR count). The number of anilines is 2. The molecule has 0 aromatic carbocycles. The van der Waals surface area contributed by atoms with Gasteiger partial charge in [-0.05, 0) is 6.92 Å². The van der Waals surface area contributed by atoms with Gasteiger partial charge in [0.15, 0.2) is 10.9 Å². The maximum absolute atomic E-state index is 13.0. The van der Waals surface area contributed by atoms with Crippen LogP contribution in [0.4, 0.5) is 10.9 Å². The third-order valence-electron chi connectivity index (χ3n) is 4.96. The van der Waals surface area contributed by atoms with Crippen molar-refractivity contribution in [1.82, 2.24) is 10.1 Å². The third kappa shape index (κ3) is 2.02. The van der Waals surface area contributed by atoms with Gasteiger partial charge in [0.25, 0.3) is 0 Å². The van der Waals surface area contributed by atoms with E-state index in [9.17, 15) is 9.59 Å². The molecule has 2 aromatic rings. The monoisotopic (exact) mass is 358 g/mol. The Morgan fingerprint density at radius 2 is 2.40 bits per heavy atom. The topological polar surface area (TPSA) is 97.6 Å². The highest BCUT2D eigenvalue weighted by Crippen LogP contribution is 2.52. The number of rotatable bonds is 3. The summed E-state index contributed by atoms with van der Waals surface area (Å²) in [4.78, 5) is 31.4. The zero-order chi connectivity index (χ0) is 17.2. The summed E-state index contributed by atoms with van der Waals surface area (Å²) in [7, 11) is 0. The molecule has 0 aliphatic carbocycles. The summed E-state index contributed by atoms with van der Waals surface area (Å²) in [6.45, 7) is 2.10. The van der Waals surface area contributed by atoms with Crippen LogP contribution in [-0.4, -0.2) is 40.2 Å². The van der Waals surface area contributed by atoms with Crippen LogP contribution in [0.5, 0.6) is 0 Å². The quantitative estimate of drug-likeness (QED) is 0.832. The van der Waals surface area contributed by atoms with Crippen molar-refractivity contribution in [2.45, 2.75) is 18.6 Å². The number of aromatic nitrogens is 2. The van der Waals surface area contributed by atoms with Crippen LogP contribution in [0.15, 0.2) is 34.3 Å². The summed E-state index contributed by atoms with van der Waals surface area (Å²) in [5.74, 6) is -0.497. The Morgan fingerprint density at radius 3 is 3.12 bits per heavy atom. The largest absolute Gasteiger partial charge is 0.360 e. The fraction of sp³-hybridized carbons (Fsp3) is 0.375. The molecule has 0 radical (unpaired) electrons. The number of carbonyl (C=O) groups excluding carboxylic acids is 2. The van der Waals surface area contributed by atoms with Gasteiger partial charge in [0.1, 0.15) is 11.4 Å². The first-order valence-corrected chi connectivity index (χ1v) is 8.78. The molecule has 3 aliphatic heterocycles. The molecule has 3 aliphatic rings. The lowest BCUT2D eigenvalue weighted by Crippen LogP contribution is -2.41. The molecule has 0 saturated carbocycles.